The number of allylic oxidation sites excluding steroid dienone is 4. The van der Waals surface area contributed by atoms with Crippen LogP contribution >= 0.6 is 0 Å². The van der Waals surface area contributed by atoms with E-state index in [9.17, 15) is 18.7 Å². The Hall–Kier alpha value is -3.82. The number of hydrogen-bond acceptors (Lipinski definition) is 6. The largest absolute Gasteiger partial charge is 0.487 e. The molecule has 2 atom stereocenters. The average Bonchev–Trinajstić information content (AvgIpc) is 3.64. The van der Waals surface area contributed by atoms with Crippen LogP contribution in [0.2, 0.25) is 0 Å². The average molecular weight is 550 g/mol. The third-order valence-electron chi connectivity index (χ3n) is 7.18. The highest BCUT2D eigenvalue weighted by molar-refractivity contribution is 6.45. The monoisotopic (exact) mass is 549 g/mol. The number of carbonyl (C=O) groups is 1. The number of amides is 1. The normalized spacial score (nSPS) is 19.0. The van der Waals surface area contributed by atoms with Crippen LogP contribution in [0.15, 0.2) is 72.2 Å². The molecule has 1 saturated heterocycles. The Kier molecular flexibility index (Phi) is 8.72. The molecule has 5 rings (SSSR count). The number of ether oxygens (including phenoxy) is 1. The summed E-state index contributed by atoms with van der Waals surface area (Å²) in [5.74, 6) is -1.32. The van der Waals surface area contributed by atoms with Crippen molar-refractivity contribution >= 4 is 17.7 Å². The Morgan fingerprint density at radius 3 is 2.77 bits per heavy atom. The van der Waals surface area contributed by atoms with E-state index in [0.717, 1.165) is 56.0 Å². The van der Waals surface area contributed by atoms with E-state index < -0.39 is 29.7 Å². The molecule has 40 heavy (non-hydrogen) atoms. The van der Waals surface area contributed by atoms with Crippen LogP contribution in [0, 0.1) is 5.82 Å². The van der Waals surface area contributed by atoms with Crippen molar-refractivity contribution in [3.8, 4) is 5.75 Å². The summed E-state index contributed by atoms with van der Waals surface area (Å²) < 4.78 is 33.6. The van der Waals surface area contributed by atoms with Gasteiger partial charge in [-0.15, -0.1) is 0 Å². The summed E-state index contributed by atoms with van der Waals surface area (Å²) in [7, 11) is 0. The van der Waals surface area contributed by atoms with Gasteiger partial charge in [0.25, 0.3) is 5.91 Å². The molecule has 2 N–H and O–H groups in total. The van der Waals surface area contributed by atoms with Gasteiger partial charge in [-0.3, -0.25) is 4.79 Å². The van der Waals surface area contributed by atoms with Crippen LogP contribution in [0.1, 0.15) is 54.0 Å². The van der Waals surface area contributed by atoms with Gasteiger partial charge in [0.15, 0.2) is 17.3 Å². The van der Waals surface area contributed by atoms with Gasteiger partial charge < -0.3 is 24.9 Å². The number of hydrogen-bond donors (Lipinski definition) is 2. The van der Waals surface area contributed by atoms with Crippen LogP contribution in [-0.2, 0) is 16.2 Å². The molecule has 0 radical (unpaired) electrons. The van der Waals surface area contributed by atoms with E-state index in [4.69, 9.17) is 9.57 Å². The number of carbonyl (C=O) groups excluding carboxylic acids is 1. The van der Waals surface area contributed by atoms with Crippen molar-refractivity contribution in [1.29, 1.82) is 0 Å². The van der Waals surface area contributed by atoms with Crippen LogP contribution in [-0.4, -0.2) is 53.4 Å². The molecule has 3 aliphatic rings. The van der Waals surface area contributed by atoms with Gasteiger partial charge >= 0.3 is 0 Å². The van der Waals surface area contributed by atoms with E-state index in [1.807, 2.05) is 6.07 Å². The lowest BCUT2D eigenvalue weighted by atomic mass is 9.97. The number of aliphatic hydroxyl groups excluding tert-OH is 1. The van der Waals surface area contributed by atoms with Crippen molar-refractivity contribution < 1.29 is 28.3 Å². The smallest absolute Gasteiger partial charge is 0.274 e. The number of nitrogens with zero attached hydrogens (tertiary/aromatic N) is 2. The predicted octanol–water partition coefficient (Wildman–Crippen LogP) is 4.97. The van der Waals surface area contributed by atoms with Gasteiger partial charge in [-0.1, -0.05) is 42.1 Å². The van der Waals surface area contributed by atoms with Gasteiger partial charge in [0.05, 0.1) is 12.1 Å². The standard InChI is InChI=1S/C31H33F2N3O4/c1-2-23(32)7-5-6-20-8-12-25-22(16-20)19-39-35-29(25)31(38)34-27(18-36-14-3-4-15-36)30(37)21-9-13-28(26(33)17-21)40-24-10-11-24/h2,5-9,12-13,16-17,24,27,30,37H,1,3-4,10-11,14-15,18-19H2,(H,34,38)/b6-5+,23-7+/t27-,30-/m1/s1. The molecule has 2 aromatic carbocycles. The van der Waals surface area contributed by atoms with Gasteiger partial charge in [0.2, 0.25) is 0 Å². The van der Waals surface area contributed by atoms with Crippen LogP contribution in [0.3, 0.4) is 0 Å². The number of likely N-dealkylation sites (tertiary alicyclic amines) is 1. The van der Waals surface area contributed by atoms with Crippen LogP contribution < -0.4 is 10.1 Å². The van der Waals surface area contributed by atoms with E-state index in [0.29, 0.717) is 17.7 Å². The number of fused-ring (bicyclic) bond motifs is 1. The van der Waals surface area contributed by atoms with Gasteiger partial charge in [0, 0.05) is 17.7 Å². The molecule has 2 heterocycles. The third-order valence-corrected chi connectivity index (χ3v) is 7.18. The van der Waals surface area contributed by atoms with Crippen molar-refractivity contribution in [2.45, 2.75) is 50.5 Å². The summed E-state index contributed by atoms with van der Waals surface area (Å²) in [5, 5.41) is 18.2. The number of rotatable bonds is 11. The quantitative estimate of drug-likeness (QED) is 0.387. The Morgan fingerprint density at radius 2 is 2.05 bits per heavy atom. The maximum atomic E-state index is 14.8. The van der Waals surface area contributed by atoms with E-state index in [2.05, 4.69) is 22.0 Å². The van der Waals surface area contributed by atoms with E-state index in [1.54, 1.807) is 30.4 Å². The van der Waals surface area contributed by atoms with Gasteiger partial charge in [-0.05, 0) is 80.3 Å². The fourth-order valence-corrected chi connectivity index (χ4v) is 4.87. The first-order valence-corrected chi connectivity index (χ1v) is 13.6. The van der Waals surface area contributed by atoms with Crippen molar-refractivity contribution in [3.05, 3.63) is 95.1 Å². The van der Waals surface area contributed by atoms with Crippen molar-refractivity contribution in [3.63, 3.8) is 0 Å². The second kappa shape index (κ2) is 12.6. The van der Waals surface area contributed by atoms with Crippen molar-refractivity contribution in [2.75, 3.05) is 19.6 Å². The summed E-state index contributed by atoms with van der Waals surface area (Å²) in [5.41, 5.74) is 2.60. The highest BCUT2D eigenvalue weighted by atomic mass is 19.1. The molecule has 2 aliphatic heterocycles. The Bertz CT molecular complexity index is 1350. The summed E-state index contributed by atoms with van der Waals surface area (Å²) in [4.78, 5) is 21.0. The summed E-state index contributed by atoms with van der Waals surface area (Å²) in [6, 6.07) is 9.13. The Labute approximate surface area is 232 Å². The molecule has 1 saturated carbocycles. The summed E-state index contributed by atoms with van der Waals surface area (Å²) >= 11 is 0. The summed E-state index contributed by atoms with van der Waals surface area (Å²) in [6.07, 6.45) is 8.53. The zero-order valence-electron chi connectivity index (χ0n) is 22.2. The third kappa shape index (κ3) is 6.84. The van der Waals surface area contributed by atoms with Crippen molar-refractivity contribution in [1.82, 2.24) is 10.2 Å². The lowest BCUT2D eigenvalue weighted by Crippen LogP contribution is -2.49. The molecule has 0 bridgehead atoms. The second-order valence-corrected chi connectivity index (χ2v) is 10.3. The van der Waals surface area contributed by atoms with Crippen LogP contribution in [0.25, 0.3) is 6.08 Å². The molecular formula is C31H33F2N3O4. The Morgan fingerprint density at radius 1 is 1.25 bits per heavy atom. The van der Waals surface area contributed by atoms with Crippen LogP contribution in [0.4, 0.5) is 8.78 Å². The second-order valence-electron chi connectivity index (χ2n) is 10.3. The number of benzene rings is 2. The Balaban J connectivity index is 1.33. The highest BCUT2D eigenvalue weighted by Gasteiger charge is 2.31. The van der Waals surface area contributed by atoms with Gasteiger partial charge in [-0.2, -0.15) is 0 Å². The van der Waals surface area contributed by atoms with E-state index in [-0.39, 0.29) is 24.2 Å². The molecule has 2 aromatic rings. The minimum atomic E-state index is -1.16. The first-order valence-electron chi connectivity index (χ1n) is 13.6. The molecular weight excluding hydrogens is 516 g/mol. The van der Waals surface area contributed by atoms with Gasteiger partial charge in [0.1, 0.15) is 18.5 Å². The van der Waals surface area contributed by atoms with Crippen LogP contribution in [0.5, 0.6) is 5.75 Å². The van der Waals surface area contributed by atoms with E-state index in [1.165, 1.54) is 18.2 Å². The first-order chi connectivity index (χ1) is 19.4. The van der Waals surface area contributed by atoms with Gasteiger partial charge in [-0.25, -0.2) is 8.78 Å². The minimum absolute atomic E-state index is 0.0537. The first kappa shape index (κ1) is 27.7. The van der Waals surface area contributed by atoms with Crippen molar-refractivity contribution in [2.24, 2.45) is 5.16 Å². The molecule has 9 heteroatoms. The zero-order valence-corrected chi connectivity index (χ0v) is 22.2. The van der Waals surface area contributed by atoms with E-state index >= 15 is 0 Å². The lowest BCUT2D eigenvalue weighted by Gasteiger charge is -2.29. The molecule has 0 spiro atoms. The molecule has 210 valence electrons. The molecule has 0 aromatic heterocycles. The SMILES string of the molecule is C=C/C(F)=C\C=C\c1ccc2c(c1)CON=C2C(=O)N[C@H](CN1CCCC1)[C@H](O)c1ccc(OC2CC2)c(F)c1. The topological polar surface area (TPSA) is 83.4 Å². The molecule has 1 amide bonds. The summed E-state index contributed by atoms with van der Waals surface area (Å²) in [6.45, 7) is 5.67. The molecule has 2 fully saturated rings. The minimum Gasteiger partial charge on any atom is -0.487 e. The lowest BCUT2D eigenvalue weighted by molar-refractivity contribution is -0.116. The number of nitrogens with one attached hydrogen (secondary N) is 1. The number of oxime groups is 1. The predicted molar refractivity (Wildman–Crippen MR) is 149 cm³/mol. The molecule has 1 aliphatic carbocycles. The number of halogens is 2. The maximum absolute atomic E-state index is 14.8. The molecule has 7 nitrogen and oxygen atoms in total. The zero-order chi connectivity index (χ0) is 28.1. The molecule has 0 unspecified atom stereocenters. The highest BCUT2D eigenvalue weighted by Crippen LogP contribution is 2.31. The fourth-order valence-electron chi connectivity index (χ4n) is 4.87. The number of aliphatic hydroxyl groups is 1. The fraction of sp³-hybridized carbons (Fsp3) is 0.355. The maximum Gasteiger partial charge on any atom is 0.274 e.